The molecule has 2 atom stereocenters. The van der Waals surface area contributed by atoms with Crippen molar-refractivity contribution in [1.29, 1.82) is 0 Å². The van der Waals surface area contributed by atoms with Crippen molar-refractivity contribution >= 4 is 23.6 Å². The van der Waals surface area contributed by atoms with Crippen LogP contribution in [0.2, 0.25) is 0 Å². The highest BCUT2D eigenvalue weighted by molar-refractivity contribution is 7.99. The molecule has 0 aromatic carbocycles. The number of methoxy groups -OCH3 is 1. The van der Waals surface area contributed by atoms with E-state index in [-0.39, 0.29) is 23.6 Å². The number of carbonyl (C=O) groups is 2. The number of esters is 1. The molecule has 2 aliphatic rings. The number of carbonyl (C=O) groups excluding carboxylic acids is 2. The molecule has 1 N–H and O–H groups in total. The first-order valence-corrected chi connectivity index (χ1v) is 10.1. The predicted octanol–water partition coefficient (Wildman–Crippen LogP) is 1.62. The minimum absolute atomic E-state index is 0.0584. The van der Waals surface area contributed by atoms with Gasteiger partial charge in [0, 0.05) is 19.2 Å². The van der Waals surface area contributed by atoms with Crippen molar-refractivity contribution in [3.05, 3.63) is 22.1 Å². The zero-order chi connectivity index (χ0) is 18.5. The standard InChI is InChI=1S/C18H25N3O4S/c1-25-17(24)9-14-8-15(22)20-18(19-14)26-11-16(23)21-7-6-12-4-2-3-5-13(12)10-21/h8,12-13H,2-7,9-11H2,1H3,(H,19,20,22)/t12-,13+/m0/s1. The Morgan fingerprint density at radius 2 is 2.08 bits per heavy atom. The van der Waals surface area contributed by atoms with Crippen molar-refractivity contribution in [2.45, 2.75) is 43.7 Å². The minimum atomic E-state index is -0.453. The second kappa shape index (κ2) is 8.70. The van der Waals surface area contributed by atoms with Crippen molar-refractivity contribution in [1.82, 2.24) is 14.9 Å². The first kappa shape index (κ1) is 18.9. The molecule has 2 fully saturated rings. The average molecular weight is 379 g/mol. The van der Waals surface area contributed by atoms with E-state index in [2.05, 4.69) is 14.7 Å². The second-order valence-corrected chi connectivity index (χ2v) is 7.98. The Balaban J connectivity index is 1.55. The lowest BCUT2D eigenvalue weighted by molar-refractivity contribution is -0.139. The Morgan fingerprint density at radius 1 is 1.31 bits per heavy atom. The molecule has 1 amide bonds. The Hall–Kier alpha value is -1.83. The van der Waals surface area contributed by atoms with Crippen molar-refractivity contribution < 1.29 is 14.3 Å². The summed E-state index contributed by atoms with van der Waals surface area (Å²) >= 11 is 1.20. The number of aromatic amines is 1. The maximum Gasteiger partial charge on any atom is 0.311 e. The zero-order valence-corrected chi connectivity index (χ0v) is 15.8. The molecule has 1 aromatic rings. The molecule has 0 unspecified atom stereocenters. The van der Waals surface area contributed by atoms with Gasteiger partial charge in [-0.3, -0.25) is 14.4 Å². The first-order chi connectivity index (χ1) is 12.5. The Bertz CT molecular complexity index is 721. The molecule has 0 bridgehead atoms. The van der Waals surface area contributed by atoms with Gasteiger partial charge in [0.15, 0.2) is 5.16 Å². The number of piperidine rings is 1. The molecule has 1 aromatic heterocycles. The van der Waals surface area contributed by atoms with Gasteiger partial charge in [0.2, 0.25) is 5.91 Å². The molecular formula is C18H25N3O4S. The average Bonchev–Trinajstić information content (AvgIpc) is 2.65. The highest BCUT2D eigenvalue weighted by Crippen LogP contribution is 2.36. The molecule has 1 aliphatic heterocycles. The zero-order valence-electron chi connectivity index (χ0n) is 15.0. The smallest absolute Gasteiger partial charge is 0.311 e. The monoisotopic (exact) mass is 379 g/mol. The van der Waals surface area contributed by atoms with Crippen LogP contribution in [-0.4, -0.2) is 52.7 Å². The van der Waals surface area contributed by atoms with Crippen LogP contribution >= 0.6 is 11.8 Å². The third kappa shape index (κ3) is 4.87. The summed E-state index contributed by atoms with van der Waals surface area (Å²) in [5, 5.41) is 0.359. The minimum Gasteiger partial charge on any atom is -0.469 e. The van der Waals surface area contributed by atoms with Gasteiger partial charge in [0.05, 0.1) is 25.0 Å². The molecule has 2 heterocycles. The van der Waals surface area contributed by atoms with E-state index in [1.165, 1.54) is 50.6 Å². The van der Waals surface area contributed by atoms with E-state index in [1.807, 2.05) is 4.90 Å². The molecular weight excluding hydrogens is 354 g/mol. The van der Waals surface area contributed by atoms with Crippen molar-refractivity contribution in [3.8, 4) is 0 Å². The van der Waals surface area contributed by atoms with Crippen LogP contribution in [0.15, 0.2) is 16.0 Å². The molecule has 142 valence electrons. The quantitative estimate of drug-likeness (QED) is 0.475. The number of hydrogen-bond acceptors (Lipinski definition) is 6. The fraction of sp³-hybridized carbons (Fsp3) is 0.667. The fourth-order valence-electron chi connectivity index (χ4n) is 3.91. The van der Waals surface area contributed by atoms with Crippen LogP contribution in [0.1, 0.15) is 37.8 Å². The number of fused-ring (bicyclic) bond motifs is 1. The third-order valence-electron chi connectivity index (χ3n) is 5.30. The van der Waals surface area contributed by atoms with Gasteiger partial charge in [0.1, 0.15) is 0 Å². The van der Waals surface area contributed by atoms with Gasteiger partial charge in [0.25, 0.3) is 5.56 Å². The largest absolute Gasteiger partial charge is 0.469 e. The normalized spacial score (nSPS) is 22.6. The predicted molar refractivity (Wildman–Crippen MR) is 97.9 cm³/mol. The first-order valence-electron chi connectivity index (χ1n) is 9.13. The van der Waals surface area contributed by atoms with Crippen molar-refractivity contribution in [2.24, 2.45) is 11.8 Å². The number of thioether (sulfide) groups is 1. The number of rotatable bonds is 5. The van der Waals surface area contributed by atoms with E-state index < -0.39 is 5.97 Å². The van der Waals surface area contributed by atoms with E-state index in [0.717, 1.165) is 25.4 Å². The number of hydrogen-bond donors (Lipinski definition) is 1. The van der Waals surface area contributed by atoms with Crippen molar-refractivity contribution in [3.63, 3.8) is 0 Å². The molecule has 0 spiro atoms. The van der Waals surface area contributed by atoms with Gasteiger partial charge in [-0.25, -0.2) is 4.98 Å². The second-order valence-electron chi connectivity index (χ2n) is 7.02. The Labute approximate surface area is 156 Å². The van der Waals surface area contributed by atoms with E-state index in [9.17, 15) is 14.4 Å². The Kier molecular flexibility index (Phi) is 6.34. The summed E-state index contributed by atoms with van der Waals surface area (Å²) in [5.41, 5.74) is 0.00967. The molecule has 0 radical (unpaired) electrons. The highest BCUT2D eigenvalue weighted by atomic mass is 32.2. The topological polar surface area (TPSA) is 92.4 Å². The molecule has 1 saturated heterocycles. The fourth-order valence-corrected chi connectivity index (χ4v) is 4.71. The van der Waals surface area contributed by atoms with Gasteiger partial charge in [-0.2, -0.15) is 0 Å². The molecule has 26 heavy (non-hydrogen) atoms. The lowest BCUT2D eigenvalue weighted by Crippen LogP contribution is -2.45. The van der Waals surface area contributed by atoms with Crippen LogP contribution in [-0.2, 0) is 20.7 Å². The van der Waals surface area contributed by atoms with E-state index in [1.54, 1.807) is 0 Å². The molecule has 1 saturated carbocycles. The summed E-state index contributed by atoms with van der Waals surface area (Å²) in [5.74, 6) is 1.30. The number of H-pyrrole nitrogens is 1. The number of nitrogens with one attached hydrogen (secondary N) is 1. The lowest BCUT2D eigenvalue weighted by Gasteiger charge is -2.41. The summed E-state index contributed by atoms with van der Waals surface area (Å²) in [6.45, 7) is 1.68. The van der Waals surface area contributed by atoms with Crippen molar-refractivity contribution in [2.75, 3.05) is 26.0 Å². The number of likely N-dealkylation sites (tertiary alicyclic amines) is 1. The van der Waals surface area contributed by atoms with Gasteiger partial charge in [-0.1, -0.05) is 31.0 Å². The number of nitrogens with zero attached hydrogens (tertiary/aromatic N) is 2. The van der Waals surface area contributed by atoms with Crippen LogP contribution in [0.4, 0.5) is 0 Å². The van der Waals surface area contributed by atoms with Crippen LogP contribution in [0.25, 0.3) is 0 Å². The van der Waals surface area contributed by atoms with E-state index in [4.69, 9.17) is 0 Å². The number of aromatic nitrogens is 2. The third-order valence-corrected chi connectivity index (χ3v) is 6.16. The van der Waals surface area contributed by atoms with Gasteiger partial charge in [-0.15, -0.1) is 0 Å². The highest BCUT2D eigenvalue weighted by Gasteiger charge is 2.32. The van der Waals surface area contributed by atoms with Gasteiger partial charge < -0.3 is 14.6 Å². The Morgan fingerprint density at radius 3 is 2.85 bits per heavy atom. The van der Waals surface area contributed by atoms with Crippen LogP contribution < -0.4 is 5.56 Å². The molecule has 7 nitrogen and oxygen atoms in total. The SMILES string of the molecule is COC(=O)Cc1cc(=O)[nH]c(SCC(=O)N2CC[C@@H]3CCCC[C@@H]3C2)n1. The van der Waals surface area contributed by atoms with E-state index >= 15 is 0 Å². The summed E-state index contributed by atoms with van der Waals surface area (Å²) in [6, 6.07) is 1.27. The van der Waals surface area contributed by atoms with Crippen LogP contribution in [0.3, 0.4) is 0 Å². The maximum atomic E-state index is 12.6. The lowest BCUT2D eigenvalue weighted by atomic mass is 9.75. The van der Waals surface area contributed by atoms with Gasteiger partial charge >= 0.3 is 5.97 Å². The molecule has 1 aliphatic carbocycles. The van der Waals surface area contributed by atoms with Crippen LogP contribution in [0.5, 0.6) is 0 Å². The van der Waals surface area contributed by atoms with Gasteiger partial charge in [-0.05, 0) is 24.7 Å². The molecule has 8 heteroatoms. The summed E-state index contributed by atoms with van der Waals surface area (Å²) in [6.07, 6.45) is 6.18. The summed E-state index contributed by atoms with van der Waals surface area (Å²) in [7, 11) is 1.29. The van der Waals surface area contributed by atoms with E-state index in [0.29, 0.717) is 16.8 Å². The summed E-state index contributed by atoms with van der Waals surface area (Å²) in [4.78, 5) is 44.4. The number of ether oxygens (including phenoxy) is 1. The van der Waals surface area contributed by atoms with Crippen LogP contribution in [0, 0.1) is 11.8 Å². The summed E-state index contributed by atoms with van der Waals surface area (Å²) < 4.78 is 4.60. The molecule has 3 rings (SSSR count). The number of amides is 1. The maximum absolute atomic E-state index is 12.6.